The minimum Gasteiger partial charge on any atom is -0.504 e. The number of hydrogen-bond donors (Lipinski definition) is 2. The number of carbonyl (C=O) groups excluding carboxylic acids is 1. The Morgan fingerprint density at radius 1 is 1.35 bits per heavy atom. The zero-order valence-electron chi connectivity index (χ0n) is 14.2. The molecule has 26 heavy (non-hydrogen) atoms. The fourth-order valence-electron chi connectivity index (χ4n) is 2.35. The molecule has 0 atom stereocenters. The molecule has 7 heteroatoms. The molecule has 134 valence electrons. The molecule has 0 unspecified atom stereocenters. The summed E-state index contributed by atoms with van der Waals surface area (Å²) in [4.78, 5) is 17.2. The molecule has 0 saturated carbocycles. The first-order chi connectivity index (χ1) is 12.5. The molecule has 0 radical (unpaired) electrons. The number of phenolic OH excluding ortho intramolecular Hbond substituents is 1. The topological polar surface area (TPSA) is 70.9 Å². The van der Waals surface area contributed by atoms with Crippen LogP contribution >= 0.6 is 23.4 Å². The van der Waals surface area contributed by atoms with Crippen molar-refractivity contribution in [3.05, 3.63) is 57.5 Å². The predicted molar refractivity (Wildman–Crippen MR) is 106 cm³/mol. The number of amidine groups is 1. The number of aliphatic imine (C=N–C) groups is 1. The van der Waals surface area contributed by atoms with Crippen LogP contribution in [0.15, 0.2) is 46.3 Å². The maximum absolute atomic E-state index is 12.2. The quantitative estimate of drug-likeness (QED) is 0.748. The Morgan fingerprint density at radius 3 is 2.92 bits per heavy atom. The number of carbonyl (C=O) groups is 1. The third-order valence-electron chi connectivity index (χ3n) is 3.69. The van der Waals surface area contributed by atoms with Gasteiger partial charge in [0, 0.05) is 5.02 Å². The van der Waals surface area contributed by atoms with Gasteiger partial charge in [-0.05, 0) is 67.1 Å². The van der Waals surface area contributed by atoms with Crippen LogP contribution in [-0.4, -0.2) is 22.8 Å². The van der Waals surface area contributed by atoms with Crippen LogP contribution in [0.2, 0.25) is 5.02 Å². The Balaban J connectivity index is 1.86. The van der Waals surface area contributed by atoms with Gasteiger partial charge in [-0.25, -0.2) is 4.99 Å². The molecule has 2 aromatic carbocycles. The Bertz CT molecular complexity index is 925. The average molecular weight is 389 g/mol. The van der Waals surface area contributed by atoms with E-state index in [2.05, 4.69) is 10.3 Å². The zero-order chi connectivity index (χ0) is 18.7. The largest absolute Gasteiger partial charge is 0.504 e. The molecule has 0 aliphatic carbocycles. The first kappa shape index (κ1) is 18.4. The lowest BCUT2D eigenvalue weighted by molar-refractivity contribution is -0.115. The summed E-state index contributed by atoms with van der Waals surface area (Å²) >= 11 is 7.36. The maximum Gasteiger partial charge on any atom is 0.264 e. The number of phenols is 1. The summed E-state index contributed by atoms with van der Waals surface area (Å²) in [6.07, 6.45) is 1.73. The molecule has 3 rings (SSSR count). The van der Waals surface area contributed by atoms with Crippen molar-refractivity contribution in [1.29, 1.82) is 0 Å². The van der Waals surface area contributed by atoms with Crippen molar-refractivity contribution in [3.8, 4) is 11.5 Å². The van der Waals surface area contributed by atoms with Crippen LogP contribution in [0.1, 0.15) is 18.1 Å². The van der Waals surface area contributed by atoms with Crippen molar-refractivity contribution in [1.82, 2.24) is 5.32 Å². The van der Waals surface area contributed by atoms with Crippen molar-refractivity contribution in [2.45, 2.75) is 13.8 Å². The second-order valence-electron chi connectivity index (χ2n) is 5.53. The van der Waals surface area contributed by atoms with Crippen molar-refractivity contribution in [2.75, 3.05) is 6.61 Å². The van der Waals surface area contributed by atoms with E-state index in [-0.39, 0.29) is 11.7 Å². The molecule has 1 amide bonds. The zero-order valence-corrected chi connectivity index (χ0v) is 15.8. The van der Waals surface area contributed by atoms with Gasteiger partial charge < -0.3 is 15.2 Å². The van der Waals surface area contributed by atoms with E-state index in [0.717, 1.165) is 11.1 Å². The highest BCUT2D eigenvalue weighted by molar-refractivity contribution is 8.18. The lowest BCUT2D eigenvalue weighted by Gasteiger charge is -2.06. The summed E-state index contributed by atoms with van der Waals surface area (Å²) in [6.45, 7) is 4.16. The van der Waals surface area contributed by atoms with E-state index in [0.29, 0.717) is 33.1 Å². The first-order valence-electron chi connectivity index (χ1n) is 7.98. The summed E-state index contributed by atoms with van der Waals surface area (Å²) in [5, 5.41) is 13.7. The molecular formula is C19H17ClN2O3S. The molecule has 0 spiro atoms. The number of halogens is 1. The predicted octanol–water partition coefficient (Wildman–Crippen LogP) is 4.64. The fourth-order valence-corrected chi connectivity index (χ4v) is 3.35. The highest BCUT2D eigenvalue weighted by Gasteiger charge is 2.24. The lowest BCUT2D eigenvalue weighted by Crippen LogP contribution is -2.19. The molecule has 2 aromatic rings. The number of hydrogen-bond acceptors (Lipinski definition) is 5. The molecule has 1 saturated heterocycles. The maximum atomic E-state index is 12.2. The summed E-state index contributed by atoms with van der Waals surface area (Å²) < 4.78 is 5.37. The highest BCUT2D eigenvalue weighted by atomic mass is 35.5. The van der Waals surface area contributed by atoms with Gasteiger partial charge in [0.2, 0.25) is 0 Å². The van der Waals surface area contributed by atoms with Crippen LogP contribution < -0.4 is 10.1 Å². The van der Waals surface area contributed by atoms with Gasteiger partial charge in [-0.2, -0.15) is 0 Å². The van der Waals surface area contributed by atoms with Crippen molar-refractivity contribution >= 4 is 46.2 Å². The van der Waals surface area contributed by atoms with Gasteiger partial charge in [0.05, 0.1) is 17.2 Å². The van der Waals surface area contributed by atoms with E-state index in [1.807, 2.05) is 26.0 Å². The van der Waals surface area contributed by atoms with Crippen molar-refractivity contribution in [3.63, 3.8) is 0 Å². The number of nitrogens with zero attached hydrogens (tertiary/aromatic N) is 1. The number of aromatic hydroxyl groups is 1. The molecule has 0 aromatic heterocycles. The van der Waals surface area contributed by atoms with E-state index < -0.39 is 0 Å². The van der Waals surface area contributed by atoms with Crippen LogP contribution in [0.3, 0.4) is 0 Å². The Morgan fingerprint density at radius 2 is 2.15 bits per heavy atom. The van der Waals surface area contributed by atoms with Crippen LogP contribution in [0.25, 0.3) is 6.08 Å². The second kappa shape index (κ2) is 7.85. The second-order valence-corrected chi connectivity index (χ2v) is 6.96. The minimum absolute atomic E-state index is 0.0659. The third kappa shape index (κ3) is 4.03. The summed E-state index contributed by atoms with van der Waals surface area (Å²) in [7, 11) is 0. The first-order valence-corrected chi connectivity index (χ1v) is 9.18. The van der Waals surface area contributed by atoms with E-state index >= 15 is 0 Å². The van der Waals surface area contributed by atoms with Crippen LogP contribution in [0, 0.1) is 6.92 Å². The molecule has 0 bridgehead atoms. The normalized spacial score (nSPS) is 17.0. The highest BCUT2D eigenvalue weighted by Crippen LogP contribution is 2.33. The van der Waals surface area contributed by atoms with Crippen LogP contribution in [-0.2, 0) is 4.79 Å². The third-order valence-corrected chi connectivity index (χ3v) is 5.01. The molecule has 5 nitrogen and oxygen atoms in total. The molecule has 1 heterocycles. The molecule has 2 N–H and O–H groups in total. The van der Waals surface area contributed by atoms with E-state index in [1.54, 1.807) is 30.3 Å². The Kier molecular flexibility index (Phi) is 5.54. The van der Waals surface area contributed by atoms with Gasteiger partial charge in [0.25, 0.3) is 5.91 Å². The number of amides is 1. The molecule has 1 fully saturated rings. The summed E-state index contributed by atoms with van der Waals surface area (Å²) in [6, 6.07) is 10.4. The standard InChI is InChI=1S/C19H17ClN2O3S/c1-3-25-16-9-12(7-8-15(16)23)10-17-18(24)22-19(26-17)21-14-6-4-5-13(20)11(14)2/h4-10,23H,3H2,1-2H3,(H,21,22,24)/b17-10-. The molecule has 1 aliphatic rings. The van der Waals surface area contributed by atoms with Crippen LogP contribution in [0.5, 0.6) is 11.5 Å². The van der Waals surface area contributed by atoms with E-state index in [1.165, 1.54) is 11.8 Å². The van der Waals surface area contributed by atoms with E-state index in [4.69, 9.17) is 16.3 Å². The van der Waals surface area contributed by atoms with Crippen LogP contribution in [0.4, 0.5) is 5.69 Å². The van der Waals surface area contributed by atoms with Gasteiger partial charge in [-0.1, -0.05) is 23.7 Å². The van der Waals surface area contributed by atoms with Crippen molar-refractivity contribution in [2.24, 2.45) is 4.99 Å². The minimum atomic E-state index is -0.223. The average Bonchev–Trinajstić information content (AvgIpc) is 2.94. The Hall–Kier alpha value is -2.44. The van der Waals surface area contributed by atoms with Gasteiger partial charge in [0.1, 0.15) is 0 Å². The lowest BCUT2D eigenvalue weighted by atomic mass is 10.2. The monoisotopic (exact) mass is 388 g/mol. The molecule has 1 aliphatic heterocycles. The van der Waals surface area contributed by atoms with E-state index in [9.17, 15) is 9.90 Å². The Labute approximate surface area is 160 Å². The SMILES string of the molecule is CCOc1cc(/C=C2\SC(=Nc3cccc(Cl)c3C)NC2=O)ccc1O. The number of benzene rings is 2. The van der Waals surface area contributed by atoms with Gasteiger partial charge >= 0.3 is 0 Å². The van der Waals surface area contributed by atoms with Crippen molar-refractivity contribution < 1.29 is 14.6 Å². The number of ether oxygens (including phenoxy) is 1. The number of nitrogens with one attached hydrogen (secondary N) is 1. The molecular weight excluding hydrogens is 372 g/mol. The number of rotatable bonds is 4. The summed E-state index contributed by atoms with van der Waals surface area (Å²) in [5.41, 5.74) is 2.32. The smallest absolute Gasteiger partial charge is 0.264 e. The number of thioether (sulfide) groups is 1. The summed E-state index contributed by atoms with van der Waals surface area (Å²) in [5.74, 6) is 0.226. The van der Waals surface area contributed by atoms with Gasteiger partial charge in [-0.3, -0.25) is 4.79 Å². The fraction of sp³-hybridized carbons (Fsp3) is 0.158. The van der Waals surface area contributed by atoms with Gasteiger partial charge in [0.15, 0.2) is 16.7 Å². The van der Waals surface area contributed by atoms with Gasteiger partial charge in [-0.15, -0.1) is 0 Å².